The quantitative estimate of drug-likeness (QED) is 0.0322. The lowest BCUT2D eigenvalue weighted by atomic mass is 10.0. The number of unbranched alkanes of at least 4 members (excludes halogenated alkanes) is 31. The average molecular weight is 844 g/mol. The maximum atomic E-state index is 12.4. The Hall–Kier alpha value is -1.92. The summed E-state index contributed by atoms with van der Waals surface area (Å²) in [6.07, 6.45) is 60.0. The van der Waals surface area contributed by atoms with Gasteiger partial charge < -0.3 is 20.3 Å². The van der Waals surface area contributed by atoms with Crippen molar-refractivity contribution in [1.82, 2.24) is 5.32 Å². The fraction of sp³-hybridized carbons (Fsp3) is 0.852. The summed E-state index contributed by atoms with van der Waals surface area (Å²) in [5.41, 5.74) is 0. The normalized spacial score (nSPS) is 12.9. The first-order valence-corrected chi connectivity index (χ1v) is 26.2. The van der Waals surface area contributed by atoms with Gasteiger partial charge in [0.05, 0.1) is 25.4 Å². The highest BCUT2D eigenvalue weighted by Gasteiger charge is 2.20. The molecule has 352 valence electrons. The van der Waals surface area contributed by atoms with E-state index in [0.717, 1.165) is 51.4 Å². The Morgan fingerprint density at radius 3 is 1.32 bits per heavy atom. The number of carbonyl (C=O) groups is 2. The zero-order valence-corrected chi connectivity index (χ0v) is 39.9. The van der Waals surface area contributed by atoms with E-state index in [2.05, 4.69) is 55.6 Å². The second-order valence-corrected chi connectivity index (χ2v) is 17.8. The Labute approximate surface area is 373 Å². The van der Waals surface area contributed by atoms with E-state index in [9.17, 15) is 19.8 Å². The molecule has 6 nitrogen and oxygen atoms in total. The molecule has 0 bridgehead atoms. The fourth-order valence-electron chi connectivity index (χ4n) is 7.88. The van der Waals surface area contributed by atoms with Gasteiger partial charge in [0.1, 0.15) is 0 Å². The first kappa shape index (κ1) is 58.1. The summed E-state index contributed by atoms with van der Waals surface area (Å²) >= 11 is 0. The molecule has 0 aromatic heterocycles. The van der Waals surface area contributed by atoms with Gasteiger partial charge >= 0.3 is 5.97 Å². The van der Waals surface area contributed by atoms with Gasteiger partial charge in [0.25, 0.3) is 0 Å². The van der Waals surface area contributed by atoms with Crippen LogP contribution in [0.4, 0.5) is 0 Å². The Kier molecular flexibility index (Phi) is 48.1. The van der Waals surface area contributed by atoms with Crippen molar-refractivity contribution in [3.05, 3.63) is 36.5 Å². The number of nitrogens with one attached hydrogen (secondary N) is 1. The van der Waals surface area contributed by atoms with Gasteiger partial charge in [-0.3, -0.25) is 9.59 Å². The number of allylic oxidation sites excluding steroid dienone is 5. The van der Waals surface area contributed by atoms with Crippen LogP contribution in [-0.4, -0.2) is 47.4 Å². The van der Waals surface area contributed by atoms with E-state index in [4.69, 9.17) is 4.74 Å². The van der Waals surface area contributed by atoms with Crippen molar-refractivity contribution in [2.24, 2.45) is 0 Å². The molecule has 1 amide bonds. The largest absolute Gasteiger partial charge is 0.465 e. The molecule has 2 atom stereocenters. The fourth-order valence-corrected chi connectivity index (χ4v) is 7.88. The van der Waals surface area contributed by atoms with E-state index in [1.807, 2.05) is 0 Å². The lowest BCUT2D eigenvalue weighted by molar-refractivity contribution is -0.143. The predicted molar refractivity (Wildman–Crippen MR) is 259 cm³/mol. The van der Waals surface area contributed by atoms with E-state index in [1.54, 1.807) is 0 Å². The van der Waals surface area contributed by atoms with Gasteiger partial charge in [0.2, 0.25) is 5.91 Å². The Bertz CT molecular complexity index is 977. The molecule has 0 heterocycles. The van der Waals surface area contributed by atoms with Gasteiger partial charge in [-0.2, -0.15) is 0 Å². The first-order valence-electron chi connectivity index (χ1n) is 26.2. The number of aliphatic hydroxyl groups excluding tert-OH is 2. The topological polar surface area (TPSA) is 95.9 Å². The number of rotatable bonds is 48. The van der Waals surface area contributed by atoms with Crippen LogP contribution in [0, 0.1) is 0 Å². The Balaban J connectivity index is 3.45. The lowest BCUT2D eigenvalue weighted by Crippen LogP contribution is -2.45. The van der Waals surface area contributed by atoms with Gasteiger partial charge in [-0.05, 0) is 70.6 Å². The highest BCUT2D eigenvalue weighted by atomic mass is 16.5. The van der Waals surface area contributed by atoms with Crippen molar-refractivity contribution in [3.8, 4) is 0 Å². The molecule has 0 saturated heterocycles. The Morgan fingerprint density at radius 2 is 0.833 bits per heavy atom. The second-order valence-electron chi connectivity index (χ2n) is 17.8. The molecule has 0 radical (unpaired) electrons. The summed E-state index contributed by atoms with van der Waals surface area (Å²) < 4.78 is 5.39. The molecule has 0 aliphatic heterocycles. The summed E-state index contributed by atoms with van der Waals surface area (Å²) in [7, 11) is 0. The van der Waals surface area contributed by atoms with Crippen LogP contribution >= 0.6 is 0 Å². The van der Waals surface area contributed by atoms with Crippen LogP contribution in [-0.2, 0) is 14.3 Å². The van der Waals surface area contributed by atoms with Gasteiger partial charge in [-0.25, -0.2) is 0 Å². The molecule has 2 unspecified atom stereocenters. The molecule has 0 aliphatic rings. The van der Waals surface area contributed by atoms with E-state index < -0.39 is 12.1 Å². The van der Waals surface area contributed by atoms with Crippen molar-refractivity contribution in [2.75, 3.05) is 13.2 Å². The predicted octanol–water partition coefficient (Wildman–Crippen LogP) is 15.7. The molecule has 0 spiro atoms. The third-order valence-corrected chi connectivity index (χ3v) is 11.9. The van der Waals surface area contributed by atoms with Crippen LogP contribution < -0.4 is 5.32 Å². The molecular formula is C54H101NO5. The molecule has 0 aliphatic carbocycles. The first-order chi connectivity index (χ1) is 29.5. The molecule has 6 heteroatoms. The maximum absolute atomic E-state index is 12.4. The molecule has 0 saturated carbocycles. The zero-order valence-electron chi connectivity index (χ0n) is 39.9. The number of esters is 1. The molecule has 0 aromatic rings. The number of aliphatic hydroxyl groups is 2. The standard InChI is InChI=1S/C54H101NO5/c1-3-5-7-9-11-13-15-28-32-36-40-44-48-54(59)60-49-45-41-37-33-29-26-24-22-20-18-16-17-19-21-23-25-27-31-35-39-43-47-53(58)55-51(50-56)52(57)46-42-38-34-30-14-12-10-8-6-4-2/h11,13,26,29,37,41,51-52,56-57H,3-10,12,14-25,27-28,30-36,38-40,42-50H2,1-2H3,(H,55,58)/b13-11-,29-26-,41-37-. The van der Waals surface area contributed by atoms with Gasteiger partial charge in [0, 0.05) is 12.8 Å². The number of carbonyl (C=O) groups excluding carboxylic acids is 2. The van der Waals surface area contributed by atoms with Crippen LogP contribution in [0.5, 0.6) is 0 Å². The second kappa shape index (κ2) is 49.7. The van der Waals surface area contributed by atoms with Crippen LogP contribution in [0.2, 0.25) is 0 Å². The van der Waals surface area contributed by atoms with Crippen LogP contribution in [0.25, 0.3) is 0 Å². The molecule has 3 N–H and O–H groups in total. The molecule has 0 fully saturated rings. The number of ether oxygens (including phenoxy) is 1. The Morgan fingerprint density at radius 1 is 0.467 bits per heavy atom. The minimum atomic E-state index is -0.666. The minimum Gasteiger partial charge on any atom is -0.465 e. The molecular weight excluding hydrogens is 743 g/mol. The van der Waals surface area contributed by atoms with Gasteiger partial charge in [-0.15, -0.1) is 0 Å². The molecule has 60 heavy (non-hydrogen) atoms. The van der Waals surface area contributed by atoms with Crippen molar-refractivity contribution in [1.29, 1.82) is 0 Å². The summed E-state index contributed by atoms with van der Waals surface area (Å²) in [4.78, 5) is 24.4. The lowest BCUT2D eigenvalue weighted by Gasteiger charge is -2.22. The van der Waals surface area contributed by atoms with Gasteiger partial charge in [-0.1, -0.05) is 224 Å². The van der Waals surface area contributed by atoms with Crippen molar-refractivity contribution >= 4 is 11.9 Å². The minimum absolute atomic E-state index is 0.0422. The van der Waals surface area contributed by atoms with Crippen LogP contribution in [0.15, 0.2) is 36.5 Å². The average Bonchev–Trinajstić information content (AvgIpc) is 3.25. The van der Waals surface area contributed by atoms with E-state index in [1.165, 1.54) is 186 Å². The monoisotopic (exact) mass is 844 g/mol. The van der Waals surface area contributed by atoms with E-state index in [0.29, 0.717) is 25.9 Å². The summed E-state index contributed by atoms with van der Waals surface area (Å²) in [5.74, 6) is -0.0882. The highest BCUT2D eigenvalue weighted by molar-refractivity contribution is 5.76. The molecule has 0 rings (SSSR count). The number of hydrogen-bond acceptors (Lipinski definition) is 5. The SMILES string of the molecule is CCCCC/C=C\CCCCCCCC(=O)OCC/C=C\C/C=C\CCCCCCCCCCCCCCCCC(=O)NC(CO)C(O)CCCCCCCCCCCC. The van der Waals surface area contributed by atoms with Crippen LogP contribution in [0.1, 0.15) is 271 Å². The number of hydrogen-bond donors (Lipinski definition) is 3. The van der Waals surface area contributed by atoms with Crippen molar-refractivity contribution in [2.45, 2.75) is 283 Å². The van der Waals surface area contributed by atoms with E-state index in [-0.39, 0.29) is 18.5 Å². The summed E-state index contributed by atoms with van der Waals surface area (Å²) in [6.45, 7) is 4.79. The maximum Gasteiger partial charge on any atom is 0.305 e. The number of amides is 1. The molecule has 0 aromatic carbocycles. The summed E-state index contributed by atoms with van der Waals surface area (Å²) in [6, 6.07) is -0.543. The van der Waals surface area contributed by atoms with Gasteiger partial charge in [0.15, 0.2) is 0 Å². The van der Waals surface area contributed by atoms with Crippen molar-refractivity contribution in [3.63, 3.8) is 0 Å². The summed E-state index contributed by atoms with van der Waals surface area (Å²) in [5, 5.41) is 23.1. The third kappa shape index (κ3) is 45.6. The van der Waals surface area contributed by atoms with Crippen LogP contribution in [0.3, 0.4) is 0 Å². The highest BCUT2D eigenvalue weighted by Crippen LogP contribution is 2.16. The van der Waals surface area contributed by atoms with Crippen molar-refractivity contribution < 1.29 is 24.5 Å². The third-order valence-electron chi connectivity index (χ3n) is 11.9. The van der Waals surface area contributed by atoms with E-state index >= 15 is 0 Å². The zero-order chi connectivity index (χ0) is 43.7. The smallest absolute Gasteiger partial charge is 0.305 e.